The van der Waals surface area contributed by atoms with Gasteiger partial charge in [0, 0.05) is 28.8 Å². The van der Waals surface area contributed by atoms with Crippen LogP contribution in [0.25, 0.3) is 10.6 Å². The molecule has 0 fully saturated rings. The van der Waals surface area contributed by atoms with E-state index >= 15 is 0 Å². The van der Waals surface area contributed by atoms with Gasteiger partial charge < -0.3 is 9.30 Å². The summed E-state index contributed by atoms with van der Waals surface area (Å²) in [5.41, 5.74) is 3.46. The number of aryl methyl sites for hydroxylation is 1. The first-order chi connectivity index (χ1) is 14.5. The van der Waals surface area contributed by atoms with Crippen LogP contribution >= 0.6 is 34.7 Å². The molecule has 4 aromatic rings. The van der Waals surface area contributed by atoms with Crippen molar-refractivity contribution in [1.29, 1.82) is 0 Å². The fourth-order valence-electron chi connectivity index (χ4n) is 3.05. The van der Waals surface area contributed by atoms with Gasteiger partial charge in [-0.15, -0.1) is 21.5 Å². The second-order valence-electron chi connectivity index (χ2n) is 6.86. The summed E-state index contributed by atoms with van der Waals surface area (Å²) in [7, 11) is 1.95. The maximum Gasteiger partial charge on any atom is 0.191 e. The Kier molecular flexibility index (Phi) is 6.41. The summed E-state index contributed by atoms with van der Waals surface area (Å²) in [4.78, 5) is 4.80. The maximum atomic E-state index is 6.04. The van der Waals surface area contributed by atoms with E-state index in [0.717, 1.165) is 27.4 Å². The van der Waals surface area contributed by atoms with E-state index in [1.807, 2.05) is 48.9 Å². The quantitative estimate of drug-likeness (QED) is 0.304. The van der Waals surface area contributed by atoms with Crippen LogP contribution < -0.4 is 4.74 Å². The van der Waals surface area contributed by atoms with Crippen LogP contribution in [0.3, 0.4) is 0 Å². The molecular weight excluding hydrogens is 436 g/mol. The fourth-order valence-corrected chi connectivity index (χ4v) is 5.06. The topological polar surface area (TPSA) is 52.8 Å². The Morgan fingerprint density at radius 3 is 2.80 bits per heavy atom. The number of thiazole rings is 1. The predicted molar refractivity (Wildman–Crippen MR) is 123 cm³/mol. The Bertz CT molecular complexity index is 1160. The Hall–Kier alpha value is -2.35. The first kappa shape index (κ1) is 20.9. The molecule has 0 spiro atoms. The van der Waals surface area contributed by atoms with Gasteiger partial charge in [-0.25, -0.2) is 4.98 Å². The number of rotatable bonds is 7. The third-order valence-corrected chi connectivity index (χ3v) is 6.83. The van der Waals surface area contributed by atoms with Crippen molar-refractivity contribution in [3.05, 3.63) is 76.0 Å². The molecular formula is C22H21ClN4OS2. The van der Waals surface area contributed by atoms with Gasteiger partial charge in [-0.2, -0.15) is 0 Å². The van der Waals surface area contributed by atoms with Gasteiger partial charge in [0.05, 0.1) is 5.69 Å². The van der Waals surface area contributed by atoms with Crippen molar-refractivity contribution in [3.63, 3.8) is 0 Å². The Balaban J connectivity index is 1.42. The van der Waals surface area contributed by atoms with Crippen molar-refractivity contribution < 1.29 is 4.74 Å². The first-order valence-corrected chi connectivity index (χ1v) is 11.7. The lowest BCUT2D eigenvalue weighted by atomic mass is 10.1. The average molecular weight is 457 g/mol. The second-order valence-corrected chi connectivity index (χ2v) is 9.10. The van der Waals surface area contributed by atoms with Gasteiger partial charge in [-0.3, -0.25) is 0 Å². The zero-order valence-corrected chi connectivity index (χ0v) is 19.3. The number of hydrogen-bond donors (Lipinski definition) is 0. The van der Waals surface area contributed by atoms with Gasteiger partial charge in [0.15, 0.2) is 17.1 Å². The van der Waals surface area contributed by atoms with E-state index in [9.17, 15) is 0 Å². The van der Waals surface area contributed by atoms with Gasteiger partial charge in [-0.05, 0) is 37.6 Å². The summed E-state index contributed by atoms with van der Waals surface area (Å²) >= 11 is 9.32. The molecule has 5 nitrogen and oxygen atoms in total. The molecule has 0 aliphatic rings. The molecule has 4 rings (SSSR count). The highest BCUT2D eigenvalue weighted by Gasteiger charge is 2.18. The second kappa shape index (κ2) is 9.20. The molecule has 8 heteroatoms. The Labute approximate surface area is 189 Å². The van der Waals surface area contributed by atoms with Crippen LogP contribution in [0.15, 0.2) is 59.1 Å². The van der Waals surface area contributed by atoms with E-state index in [1.54, 1.807) is 29.2 Å². The lowest BCUT2D eigenvalue weighted by Gasteiger charge is -2.14. The molecule has 0 aliphatic heterocycles. The van der Waals surface area contributed by atoms with Crippen molar-refractivity contribution in [3.8, 4) is 16.3 Å². The van der Waals surface area contributed by atoms with Crippen molar-refractivity contribution in [2.24, 2.45) is 7.05 Å². The van der Waals surface area contributed by atoms with Crippen LogP contribution in [0.5, 0.6) is 5.75 Å². The largest absolute Gasteiger partial charge is 0.483 e. The van der Waals surface area contributed by atoms with Crippen LogP contribution in [0.4, 0.5) is 0 Å². The van der Waals surface area contributed by atoms with Crippen LogP contribution in [0.2, 0.25) is 5.02 Å². The highest BCUT2D eigenvalue weighted by atomic mass is 35.5. The number of halogens is 1. The molecule has 0 bridgehead atoms. The first-order valence-electron chi connectivity index (χ1n) is 9.46. The lowest BCUT2D eigenvalue weighted by Crippen LogP contribution is -2.10. The van der Waals surface area contributed by atoms with Crippen LogP contribution in [0.1, 0.15) is 30.1 Å². The predicted octanol–water partition coefficient (Wildman–Crippen LogP) is 6.33. The number of nitrogens with zero attached hydrogens (tertiary/aromatic N) is 4. The van der Waals surface area contributed by atoms with E-state index in [2.05, 4.69) is 34.6 Å². The summed E-state index contributed by atoms with van der Waals surface area (Å²) in [6.07, 6.45) is -0.248. The molecule has 30 heavy (non-hydrogen) atoms. The van der Waals surface area contributed by atoms with Crippen LogP contribution in [0, 0.1) is 6.92 Å². The Morgan fingerprint density at radius 2 is 2.00 bits per heavy atom. The van der Waals surface area contributed by atoms with Crippen LogP contribution in [-0.2, 0) is 12.8 Å². The van der Waals surface area contributed by atoms with Gasteiger partial charge in [0.2, 0.25) is 0 Å². The van der Waals surface area contributed by atoms with E-state index < -0.39 is 0 Å². The van der Waals surface area contributed by atoms with Gasteiger partial charge >= 0.3 is 0 Å². The minimum absolute atomic E-state index is 0.248. The summed E-state index contributed by atoms with van der Waals surface area (Å²) in [6.45, 7) is 4.06. The summed E-state index contributed by atoms with van der Waals surface area (Å²) < 4.78 is 7.94. The molecule has 2 aromatic carbocycles. The normalized spacial score (nSPS) is 12.1. The number of ether oxygens (including phenoxy) is 1. The van der Waals surface area contributed by atoms with E-state index in [0.29, 0.717) is 10.8 Å². The molecule has 0 aliphatic carbocycles. The highest BCUT2D eigenvalue weighted by Crippen LogP contribution is 2.30. The van der Waals surface area contributed by atoms with Crippen molar-refractivity contribution in [2.45, 2.75) is 30.9 Å². The van der Waals surface area contributed by atoms with Crippen molar-refractivity contribution >= 4 is 34.7 Å². The SMILES string of the molecule is Cc1ccccc1-c1nc(CSc2nnc(C(C)Oc3cccc(Cl)c3)n2C)cs1. The number of aromatic nitrogens is 4. The standard InChI is InChI=1S/C22H21ClN4OS2/c1-14-7-4-5-10-19(14)21-24-17(12-29-21)13-30-22-26-25-20(27(22)3)15(2)28-18-9-6-8-16(23)11-18/h4-12,15H,13H2,1-3H3. The Morgan fingerprint density at radius 1 is 1.17 bits per heavy atom. The van der Waals surface area contributed by atoms with E-state index in [4.69, 9.17) is 21.3 Å². The molecule has 0 saturated heterocycles. The smallest absolute Gasteiger partial charge is 0.191 e. The van der Waals surface area contributed by atoms with Crippen molar-refractivity contribution in [2.75, 3.05) is 0 Å². The number of hydrogen-bond acceptors (Lipinski definition) is 6. The van der Waals surface area contributed by atoms with Gasteiger partial charge in [-0.1, -0.05) is 53.7 Å². The molecule has 2 aromatic heterocycles. The van der Waals surface area contributed by atoms with E-state index in [1.165, 1.54) is 11.1 Å². The summed E-state index contributed by atoms with van der Waals surface area (Å²) in [5.74, 6) is 2.20. The van der Waals surface area contributed by atoms with Gasteiger partial charge in [0.25, 0.3) is 0 Å². The third kappa shape index (κ3) is 4.69. The molecule has 0 N–H and O–H groups in total. The zero-order valence-electron chi connectivity index (χ0n) is 16.9. The lowest BCUT2D eigenvalue weighted by molar-refractivity contribution is 0.211. The summed E-state index contributed by atoms with van der Waals surface area (Å²) in [5, 5.41) is 13.3. The molecule has 1 unspecified atom stereocenters. The monoisotopic (exact) mass is 456 g/mol. The fraction of sp³-hybridized carbons (Fsp3) is 0.227. The van der Waals surface area contributed by atoms with Gasteiger partial charge in [0.1, 0.15) is 10.8 Å². The molecule has 1 atom stereocenters. The molecule has 0 amide bonds. The number of thioether (sulfide) groups is 1. The zero-order chi connectivity index (χ0) is 21.1. The number of benzene rings is 2. The van der Waals surface area contributed by atoms with Crippen LogP contribution in [-0.4, -0.2) is 19.7 Å². The van der Waals surface area contributed by atoms with Crippen molar-refractivity contribution in [1.82, 2.24) is 19.7 Å². The molecule has 0 radical (unpaired) electrons. The third-order valence-electron chi connectivity index (χ3n) is 4.62. The average Bonchev–Trinajstić information content (AvgIpc) is 3.33. The minimum atomic E-state index is -0.248. The maximum absolute atomic E-state index is 6.04. The summed E-state index contributed by atoms with van der Waals surface area (Å²) in [6, 6.07) is 15.7. The minimum Gasteiger partial charge on any atom is -0.483 e. The van der Waals surface area contributed by atoms with E-state index in [-0.39, 0.29) is 6.10 Å². The molecule has 2 heterocycles. The molecule has 154 valence electrons. The highest BCUT2D eigenvalue weighted by molar-refractivity contribution is 7.98. The molecule has 0 saturated carbocycles.